The number of benzene rings is 1. The number of carbonyl (C=O) groups is 1. The molecule has 1 unspecified atom stereocenters. The van der Waals surface area contributed by atoms with E-state index in [-0.39, 0.29) is 5.91 Å². The number of rotatable bonds is 6. The maximum atomic E-state index is 13.0. The van der Waals surface area contributed by atoms with Crippen LogP contribution in [0.25, 0.3) is 5.70 Å². The summed E-state index contributed by atoms with van der Waals surface area (Å²) in [5.41, 5.74) is 0.514. The fraction of sp³-hybridized carbons (Fsp3) is 0.381. The van der Waals surface area contributed by atoms with Crippen LogP contribution in [0.4, 0.5) is 0 Å². The number of nitrogens with zero attached hydrogens (tertiary/aromatic N) is 3. The summed E-state index contributed by atoms with van der Waals surface area (Å²) in [6.07, 6.45) is 4.26. The Morgan fingerprint density at radius 1 is 1.18 bits per heavy atom. The van der Waals surface area contributed by atoms with Gasteiger partial charge in [0.15, 0.2) is 10.9 Å². The molecule has 3 heterocycles. The minimum Gasteiger partial charge on any atom is -0.462 e. The normalized spacial score (nSPS) is 18.1. The summed E-state index contributed by atoms with van der Waals surface area (Å²) in [5.74, 6) is 2.26. The molecule has 2 aromatic rings. The minimum atomic E-state index is -0.486. The van der Waals surface area contributed by atoms with E-state index < -0.39 is 6.17 Å². The fourth-order valence-electron chi connectivity index (χ4n) is 3.37. The van der Waals surface area contributed by atoms with Gasteiger partial charge in [-0.15, -0.1) is 5.10 Å². The Balaban J connectivity index is 1.69. The summed E-state index contributed by atoms with van der Waals surface area (Å²) < 4.78 is 5.83. The molecular formula is C21H24N4O2S. The third-order valence-electron chi connectivity index (χ3n) is 4.77. The molecule has 2 aliphatic rings. The van der Waals surface area contributed by atoms with Gasteiger partial charge in [0.25, 0.3) is 5.91 Å². The van der Waals surface area contributed by atoms with Gasteiger partial charge in [0.05, 0.1) is 5.36 Å². The average molecular weight is 397 g/mol. The first-order valence-corrected chi connectivity index (χ1v) is 10.7. The average Bonchev–Trinajstić information content (AvgIpc) is 3.13. The van der Waals surface area contributed by atoms with E-state index in [0.717, 1.165) is 28.5 Å². The van der Waals surface area contributed by atoms with Crippen LogP contribution < -0.4 is 15.9 Å². The molecule has 1 N–H and O–H groups in total. The maximum Gasteiger partial charge on any atom is 0.276 e. The van der Waals surface area contributed by atoms with Crippen LogP contribution in [0.2, 0.25) is 0 Å². The second kappa shape index (κ2) is 8.22. The molecule has 1 atom stereocenters. The van der Waals surface area contributed by atoms with E-state index in [2.05, 4.69) is 12.2 Å². The van der Waals surface area contributed by atoms with Crippen molar-refractivity contribution in [3.05, 3.63) is 58.5 Å². The zero-order valence-corrected chi connectivity index (χ0v) is 17.0. The summed E-state index contributed by atoms with van der Waals surface area (Å²) in [7, 11) is 0. The van der Waals surface area contributed by atoms with Gasteiger partial charge in [-0.25, -0.2) is 10.0 Å². The van der Waals surface area contributed by atoms with Gasteiger partial charge in [0, 0.05) is 11.0 Å². The highest BCUT2D eigenvalue weighted by molar-refractivity contribution is 8.13. The number of amides is 1. The van der Waals surface area contributed by atoms with Gasteiger partial charge in [-0.2, -0.15) is 0 Å². The van der Waals surface area contributed by atoms with Crippen LogP contribution in [0.5, 0.6) is 0 Å². The standard InChI is InChI=1S/C21H24N4O2S/c1-3-4-5-8-13-28-21-23-20(26)18-15-9-6-7-10-16(15)22-19(25(18)24-21)17-12-11-14(2)27-17/h6-7,9-12,19H,3-5,8,13H2,1-2H3,(H,23,24,26). The van der Waals surface area contributed by atoms with Crippen molar-refractivity contribution >= 4 is 28.5 Å². The molecule has 6 nitrogen and oxygen atoms in total. The second-order valence-corrected chi connectivity index (χ2v) is 8.01. The van der Waals surface area contributed by atoms with Crippen LogP contribution in [-0.2, 0) is 4.79 Å². The number of unbranched alkanes of at least 4 members (excludes halogenated alkanes) is 3. The van der Waals surface area contributed by atoms with E-state index in [1.165, 1.54) is 19.3 Å². The Morgan fingerprint density at radius 3 is 2.82 bits per heavy atom. The van der Waals surface area contributed by atoms with Crippen molar-refractivity contribution in [1.29, 1.82) is 0 Å². The van der Waals surface area contributed by atoms with Gasteiger partial charge in [0.2, 0.25) is 6.17 Å². The molecule has 2 aliphatic heterocycles. The second-order valence-electron chi connectivity index (χ2n) is 6.93. The number of fused-ring (bicyclic) bond motifs is 2. The van der Waals surface area contributed by atoms with Gasteiger partial charge in [-0.1, -0.05) is 56.1 Å². The summed E-state index contributed by atoms with van der Waals surface area (Å²) in [4.78, 5) is 17.8. The number of hydrazone groups is 1. The van der Waals surface area contributed by atoms with E-state index in [4.69, 9.17) is 14.5 Å². The number of thioether (sulfide) groups is 1. The highest BCUT2D eigenvalue weighted by atomic mass is 32.2. The molecule has 1 aromatic carbocycles. The van der Waals surface area contributed by atoms with E-state index in [1.54, 1.807) is 16.8 Å². The van der Waals surface area contributed by atoms with Gasteiger partial charge in [0.1, 0.15) is 11.5 Å². The molecule has 7 heteroatoms. The van der Waals surface area contributed by atoms with Gasteiger partial charge >= 0.3 is 0 Å². The predicted octanol–water partition coefficient (Wildman–Crippen LogP) is 3.04. The third kappa shape index (κ3) is 3.71. The highest BCUT2D eigenvalue weighted by Crippen LogP contribution is 2.31. The molecule has 1 amide bonds. The third-order valence-corrected chi connectivity index (χ3v) is 5.72. The number of amidine groups is 1. The van der Waals surface area contributed by atoms with Crippen molar-refractivity contribution in [3.8, 4) is 0 Å². The first-order chi connectivity index (χ1) is 13.7. The lowest BCUT2D eigenvalue weighted by Crippen LogP contribution is -2.50. The number of hydrogen-bond acceptors (Lipinski definition) is 6. The Hall–Kier alpha value is -2.54. The van der Waals surface area contributed by atoms with Crippen LogP contribution >= 0.6 is 11.8 Å². The first kappa shape index (κ1) is 18.8. The smallest absolute Gasteiger partial charge is 0.276 e. The first-order valence-electron chi connectivity index (χ1n) is 9.73. The van der Waals surface area contributed by atoms with Crippen molar-refractivity contribution in [1.82, 2.24) is 10.3 Å². The zero-order chi connectivity index (χ0) is 19.5. The molecule has 0 saturated carbocycles. The predicted molar refractivity (Wildman–Crippen MR) is 111 cm³/mol. The zero-order valence-electron chi connectivity index (χ0n) is 16.1. The van der Waals surface area contributed by atoms with Crippen molar-refractivity contribution in [2.45, 2.75) is 45.7 Å². The van der Waals surface area contributed by atoms with Crippen LogP contribution in [0.3, 0.4) is 0 Å². The Kier molecular flexibility index (Phi) is 5.52. The molecule has 1 aromatic heterocycles. The molecule has 0 fully saturated rings. The van der Waals surface area contributed by atoms with Gasteiger partial charge in [-0.3, -0.25) is 10.1 Å². The number of aryl methyl sites for hydroxylation is 1. The summed E-state index contributed by atoms with van der Waals surface area (Å²) in [5, 5.41) is 11.6. The molecule has 4 rings (SSSR count). The number of para-hydroxylation sites is 1. The van der Waals surface area contributed by atoms with Gasteiger partial charge < -0.3 is 4.42 Å². The molecule has 0 bridgehead atoms. The molecule has 146 valence electrons. The van der Waals surface area contributed by atoms with E-state index >= 15 is 0 Å². The highest BCUT2D eigenvalue weighted by Gasteiger charge is 2.35. The maximum absolute atomic E-state index is 13.0. The summed E-state index contributed by atoms with van der Waals surface area (Å²) in [6, 6.07) is 11.5. The van der Waals surface area contributed by atoms with Crippen molar-refractivity contribution in [2.75, 3.05) is 5.75 Å². The Labute approximate surface area is 168 Å². The molecule has 0 spiro atoms. The Morgan fingerprint density at radius 2 is 2.04 bits per heavy atom. The molecular weight excluding hydrogens is 372 g/mol. The van der Waals surface area contributed by atoms with Crippen LogP contribution in [0, 0.1) is 6.92 Å². The largest absolute Gasteiger partial charge is 0.462 e. The number of hydrogen-bond donors (Lipinski definition) is 1. The SMILES string of the molecule is CCCCCCSC1=NN2C(=c3ccccc3=NC2c2ccc(C)o2)C(=O)N1. The minimum absolute atomic E-state index is 0.151. The molecule has 0 aliphatic carbocycles. The van der Waals surface area contributed by atoms with Crippen LogP contribution in [-0.4, -0.2) is 21.8 Å². The topological polar surface area (TPSA) is 70.2 Å². The summed E-state index contributed by atoms with van der Waals surface area (Å²) >= 11 is 1.58. The quantitative estimate of drug-likeness (QED) is 0.762. The van der Waals surface area contributed by atoms with Crippen molar-refractivity contribution in [3.63, 3.8) is 0 Å². The Bertz CT molecular complexity index is 1030. The molecule has 0 saturated heterocycles. The van der Waals surface area contributed by atoms with Gasteiger partial charge in [-0.05, 0) is 31.5 Å². The lowest BCUT2D eigenvalue weighted by Gasteiger charge is -2.32. The fourth-order valence-corrected chi connectivity index (χ4v) is 4.22. The number of carbonyl (C=O) groups excluding carboxylic acids is 1. The molecule has 28 heavy (non-hydrogen) atoms. The van der Waals surface area contributed by atoms with E-state index in [9.17, 15) is 4.79 Å². The van der Waals surface area contributed by atoms with Crippen LogP contribution in [0.1, 0.15) is 50.3 Å². The monoisotopic (exact) mass is 396 g/mol. The lowest BCUT2D eigenvalue weighted by molar-refractivity contribution is -0.116. The summed E-state index contributed by atoms with van der Waals surface area (Å²) in [6.45, 7) is 4.10. The van der Waals surface area contributed by atoms with E-state index in [0.29, 0.717) is 16.6 Å². The molecule has 0 radical (unpaired) electrons. The van der Waals surface area contributed by atoms with Crippen molar-refractivity contribution < 1.29 is 9.21 Å². The van der Waals surface area contributed by atoms with Crippen LogP contribution in [0.15, 0.2) is 50.9 Å². The number of furan rings is 1. The van der Waals surface area contributed by atoms with Crippen molar-refractivity contribution in [2.24, 2.45) is 10.1 Å². The lowest BCUT2D eigenvalue weighted by atomic mass is 10.1. The van der Waals surface area contributed by atoms with E-state index in [1.807, 2.05) is 43.3 Å². The number of nitrogens with one attached hydrogen (secondary N) is 1.